The molecule has 0 spiro atoms. The Kier molecular flexibility index (Phi) is 4.37. The topological polar surface area (TPSA) is 76.1 Å². The summed E-state index contributed by atoms with van der Waals surface area (Å²) in [6.45, 7) is 0.195. The lowest BCUT2D eigenvalue weighted by Crippen LogP contribution is -2.25. The van der Waals surface area contributed by atoms with Gasteiger partial charge in [-0.25, -0.2) is 0 Å². The summed E-state index contributed by atoms with van der Waals surface area (Å²) < 4.78 is 11.0. The van der Waals surface area contributed by atoms with Gasteiger partial charge in [-0.15, -0.1) is 0 Å². The van der Waals surface area contributed by atoms with Crippen LogP contribution in [0.5, 0.6) is 17.2 Å². The molecule has 1 saturated heterocycles. The number of rotatable bonds is 5. The van der Waals surface area contributed by atoms with Crippen molar-refractivity contribution in [2.45, 2.75) is 6.42 Å². The van der Waals surface area contributed by atoms with Crippen molar-refractivity contribution in [2.24, 2.45) is 5.92 Å². The number of carboxylic acids is 1. The minimum atomic E-state index is -0.943. The maximum atomic E-state index is 12.0. The van der Waals surface area contributed by atoms with Gasteiger partial charge in [0, 0.05) is 18.7 Å². The third-order valence-corrected chi connectivity index (χ3v) is 3.92. The monoisotopic (exact) mass is 327 g/mol. The summed E-state index contributed by atoms with van der Waals surface area (Å²) in [4.78, 5) is 24.5. The molecule has 0 bridgehead atoms. The number of hydrogen-bond donors (Lipinski definition) is 1. The van der Waals surface area contributed by atoms with Gasteiger partial charge in [0.15, 0.2) is 11.5 Å². The first-order valence-corrected chi connectivity index (χ1v) is 7.52. The Hall–Kier alpha value is -3.02. The van der Waals surface area contributed by atoms with Gasteiger partial charge in [-0.3, -0.25) is 9.59 Å². The maximum absolute atomic E-state index is 12.0. The average Bonchev–Trinajstić information content (AvgIpc) is 2.98. The van der Waals surface area contributed by atoms with Crippen molar-refractivity contribution < 1.29 is 24.2 Å². The van der Waals surface area contributed by atoms with E-state index in [0.717, 1.165) is 0 Å². The van der Waals surface area contributed by atoms with E-state index in [1.54, 1.807) is 43.5 Å². The van der Waals surface area contributed by atoms with E-state index in [1.165, 1.54) is 4.90 Å². The standard InChI is InChI=1S/C18H17NO5/c1-23-15-4-2-3-5-16(15)24-14-8-6-13(7-9-14)19-11-12(18(21)22)10-17(19)20/h2-9,12H,10-11H2,1H3,(H,21,22)/t12-/m1/s1. The summed E-state index contributed by atoms with van der Waals surface area (Å²) >= 11 is 0. The van der Waals surface area contributed by atoms with Gasteiger partial charge in [-0.05, 0) is 36.4 Å². The van der Waals surface area contributed by atoms with Crippen molar-refractivity contribution in [1.29, 1.82) is 0 Å². The molecule has 1 aliphatic heterocycles. The van der Waals surface area contributed by atoms with E-state index >= 15 is 0 Å². The van der Waals surface area contributed by atoms with Crippen LogP contribution >= 0.6 is 0 Å². The summed E-state index contributed by atoms with van der Waals surface area (Å²) in [6.07, 6.45) is 0.0365. The van der Waals surface area contributed by atoms with Crippen LogP contribution in [0.2, 0.25) is 0 Å². The van der Waals surface area contributed by atoms with Crippen LogP contribution in [0.4, 0.5) is 5.69 Å². The van der Waals surface area contributed by atoms with Crippen molar-refractivity contribution >= 4 is 17.6 Å². The highest BCUT2D eigenvalue weighted by Gasteiger charge is 2.34. The minimum Gasteiger partial charge on any atom is -0.493 e. The number of hydrogen-bond acceptors (Lipinski definition) is 4. The second kappa shape index (κ2) is 6.62. The molecule has 124 valence electrons. The largest absolute Gasteiger partial charge is 0.493 e. The number of aliphatic carboxylic acids is 1. The van der Waals surface area contributed by atoms with Gasteiger partial charge in [0.05, 0.1) is 13.0 Å². The number of amides is 1. The first-order valence-electron chi connectivity index (χ1n) is 7.52. The van der Waals surface area contributed by atoms with Gasteiger partial charge >= 0.3 is 5.97 Å². The third-order valence-electron chi connectivity index (χ3n) is 3.92. The molecule has 0 saturated carbocycles. The molecule has 1 N–H and O–H groups in total. The molecule has 24 heavy (non-hydrogen) atoms. The van der Waals surface area contributed by atoms with Gasteiger partial charge < -0.3 is 19.5 Å². The fourth-order valence-corrected chi connectivity index (χ4v) is 2.65. The summed E-state index contributed by atoms with van der Waals surface area (Å²) in [5, 5.41) is 9.04. The molecule has 0 radical (unpaired) electrons. The molecule has 6 nitrogen and oxygen atoms in total. The zero-order valence-electron chi connectivity index (χ0n) is 13.1. The van der Waals surface area contributed by atoms with E-state index in [2.05, 4.69) is 0 Å². The Labute approximate surface area is 139 Å². The van der Waals surface area contributed by atoms with Gasteiger partial charge in [0.25, 0.3) is 0 Å². The number of carbonyl (C=O) groups excluding carboxylic acids is 1. The molecule has 1 heterocycles. The Balaban J connectivity index is 1.74. The van der Waals surface area contributed by atoms with Crippen molar-refractivity contribution in [1.82, 2.24) is 0 Å². The van der Waals surface area contributed by atoms with E-state index in [1.807, 2.05) is 12.1 Å². The van der Waals surface area contributed by atoms with Gasteiger partial charge in [0.1, 0.15) is 5.75 Å². The number of carbonyl (C=O) groups is 2. The summed E-state index contributed by atoms with van der Waals surface area (Å²) in [5.74, 6) is 0.0472. The molecule has 2 aromatic rings. The molecule has 0 aromatic heterocycles. The average molecular weight is 327 g/mol. The first-order chi connectivity index (χ1) is 11.6. The number of carboxylic acid groups (broad SMARTS) is 1. The smallest absolute Gasteiger partial charge is 0.308 e. The van der Waals surface area contributed by atoms with E-state index < -0.39 is 11.9 Å². The fourth-order valence-electron chi connectivity index (χ4n) is 2.65. The van der Waals surface area contributed by atoms with Gasteiger partial charge in [-0.2, -0.15) is 0 Å². The normalized spacial score (nSPS) is 17.0. The van der Waals surface area contributed by atoms with Gasteiger partial charge in [-0.1, -0.05) is 12.1 Å². The zero-order valence-corrected chi connectivity index (χ0v) is 13.1. The molecule has 1 amide bonds. The second-order valence-electron chi connectivity index (χ2n) is 5.49. The molecule has 1 atom stereocenters. The fraction of sp³-hybridized carbons (Fsp3) is 0.222. The molecular weight excluding hydrogens is 310 g/mol. The molecule has 1 fully saturated rings. The third kappa shape index (κ3) is 3.17. The summed E-state index contributed by atoms with van der Waals surface area (Å²) in [6, 6.07) is 14.3. The highest BCUT2D eigenvalue weighted by molar-refractivity contribution is 5.99. The number of benzene rings is 2. The van der Waals surface area contributed by atoms with E-state index in [4.69, 9.17) is 14.6 Å². The van der Waals surface area contributed by atoms with Crippen LogP contribution in [0.25, 0.3) is 0 Å². The van der Waals surface area contributed by atoms with E-state index in [0.29, 0.717) is 22.9 Å². The Morgan fingerprint density at radius 3 is 2.38 bits per heavy atom. The number of ether oxygens (including phenoxy) is 2. The highest BCUT2D eigenvalue weighted by atomic mass is 16.5. The van der Waals surface area contributed by atoms with Crippen molar-refractivity contribution in [3.05, 3.63) is 48.5 Å². The Morgan fingerprint density at radius 2 is 1.79 bits per heavy atom. The number of methoxy groups -OCH3 is 1. The van der Waals surface area contributed by atoms with Gasteiger partial charge in [0.2, 0.25) is 5.91 Å². The minimum absolute atomic E-state index is 0.0365. The molecule has 6 heteroatoms. The number of anilines is 1. The quantitative estimate of drug-likeness (QED) is 0.914. The highest BCUT2D eigenvalue weighted by Crippen LogP contribution is 2.32. The van der Waals surface area contributed by atoms with E-state index in [9.17, 15) is 9.59 Å². The summed E-state index contributed by atoms with van der Waals surface area (Å²) in [7, 11) is 1.57. The Morgan fingerprint density at radius 1 is 1.12 bits per heavy atom. The molecule has 1 aliphatic rings. The van der Waals surface area contributed by atoms with Crippen molar-refractivity contribution in [3.63, 3.8) is 0 Å². The van der Waals surface area contributed by atoms with Crippen LogP contribution in [0.15, 0.2) is 48.5 Å². The lowest BCUT2D eigenvalue weighted by atomic mass is 10.1. The van der Waals surface area contributed by atoms with Crippen LogP contribution in [0.1, 0.15) is 6.42 Å². The molecule has 0 aliphatic carbocycles. The Bertz CT molecular complexity index is 756. The van der Waals surface area contributed by atoms with Crippen LogP contribution < -0.4 is 14.4 Å². The summed E-state index contributed by atoms with van der Waals surface area (Å²) in [5.41, 5.74) is 0.663. The second-order valence-corrected chi connectivity index (χ2v) is 5.49. The van der Waals surface area contributed by atoms with Crippen molar-refractivity contribution in [3.8, 4) is 17.2 Å². The predicted molar refractivity (Wildman–Crippen MR) is 87.6 cm³/mol. The van der Waals surface area contributed by atoms with Crippen LogP contribution in [-0.2, 0) is 9.59 Å². The lowest BCUT2D eigenvalue weighted by Gasteiger charge is -2.17. The zero-order chi connectivity index (χ0) is 17.1. The van der Waals surface area contributed by atoms with E-state index in [-0.39, 0.29) is 18.9 Å². The van der Waals surface area contributed by atoms with Crippen LogP contribution in [0.3, 0.4) is 0 Å². The maximum Gasteiger partial charge on any atom is 0.308 e. The lowest BCUT2D eigenvalue weighted by molar-refractivity contribution is -0.141. The first kappa shape index (κ1) is 15.9. The van der Waals surface area contributed by atoms with Crippen molar-refractivity contribution in [2.75, 3.05) is 18.6 Å². The molecule has 0 unspecified atom stereocenters. The molecule has 2 aromatic carbocycles. The SMILES string of the molecule is COc1ccccc1Oc1ccc(N2C[C@H](C(=O)O)CC2=O)cc1. The predicted octanol–water partition coefficient (Wildman–Crippen LogP) is 2.93. The molecular formula is C18H17NO5. The number of para-hydroxylation sites is 2. The number of nitrogens with zero attached hydrogens (tertiary/aromatic N) is 1. The van der Waals surface area contributed by atoms with Crippen LogP contribution in [-0.4, -0.2) is 30.6 Å². The van der Waals surface area contributed by atoms with Crippen LogP contribution in [0, 0.1) is 5.92 Å². The molecule has 3 rings (SSSR count).